The van der Waals surface area contributed by atoms with Crippen LogP contribution in [0.15, 0.2) is 0 Å². The standard InChI is InChI=1S/C10H23AsF2Si/c1-6-7-8-9(12)10(13)11(2)14(3,4)5/h9-10H,6-8H2,1-5H3. The molecule has 0 nitrogen and oxygen atoms in total. The molecular formula is C10H23AsF2Si. The molecule has 14 heavy (non-hydrogen) atoms. The molecule has 0 aromatic carbocycles. The van der Waals surface area contributed by atoms with Gasteiger partial charge in [-0.3, -0.25) is 0 Å². The number of alkyl halides is 2. The van der Waals surface area contributed by atoms with Crippen molar-refractivity contribution in [2.75, 3.05) is 0 Å². The van der Waals surface area contributed by atoms with Gasteiger partial charge < -0.3 is 0 Å². The Bertz CT molecular complexity index is 159. The minimum atomic E-state index is -1.56. The zero-order valence-electron chi connectivity index (χ0n) is 9.98. The first kappa shape index (κ1) is 14.6. The van der Waals surface area contributed by atoms with Gasteiger partial charge in [0.05, 0.1) is 0 Å². The Labute approximate surface area is 92.1 Å². The van der Waals surface area contributed by atoms with Gasteiger partial charge in [-0.05, 0) is 0 Å². The fourth-order valence-corrected chi connectivity index (χ4v) is 8.72. The number of hydrogen-bond acceptors (Lipinski definition) is 0. The van der Waals surface area contributed by atoms with Gasteiger partial charge in [-0.1, -0.05) is 0 Å². The molecule has 3 unspecified atom stereocenters. The van der Waals surface area contributed by atoms with Crippen LogP contribution in [0.25, 0.3) is 0 Å². The normalized spacial score (nSPS) is 19.1. The third-order valence-corrected chi connectivity index (χ3v) is 21.5. The van der Waals surface area contributed by atoms with E-state index in [1.165, 1.54) is 0 Å². The van der Waals surface area contributed by atoms with Crippen molar-refractivity contribution in [2.24, 2.45) is 0 Å². The molecule has 0 rings (SSSR count). The van der Waals surface area contributed by atoms with Crippen molar-refractivity contribution in [2.45, 2.75) is 62.7 Å². The van der Waals surface area contributed by atoms with E-state index < -0.39 is 31.7 Å². The van der Waals surface area contributed by atoms with Crippen LogP contribution >= 0.6 is 0 Å². The zero-order valence-corrected chi connectivity index (χ0v) is 12.9. The van der Waals surface area contributed by atoms with Crippen LogP contribution in [0.1, 0.15) is 26.2 Å². The molecule has 0 saturated heterocycles. The molecule has 86 valence electrons. The summed E-state index contributed by atoms with van der Waals surface area (Å²) in [5.74, 6) is 0. The van der Waals surface area contributed by atoms with E-state index in [9.17, 15) is 8.78 Å². The van der Waals surface area contributed by atoms with Crippen molar-refractivity contribution in [3.63, 3.8) is 0 Å². The molecule has 4 heteroatoms. The van der Waals surface area contributed by atoms with Crippen molar-refractivity contribution in [3.05, 3.63) is 0 Å². The Kier molecular flexibility index (Phi) is 6.55. The van der Waals surface area contributed by atoms with Gasteiger partial charge >= 0.3 is 92.0 Å². The maximum atomic E-state index is 13.7. The van der Waals surface area contributed by atoms with Crippen molar-refractivity contribution in [3.8, 4) is 0 Å². The van der Waals surface area contributed by atoms with Crippen molar-refractivity contribution < 1.29 is 8.78 Å². The van der Waals surface area contributed by atoms with Crippen LogP contribution in [0.3, 0.4) is 0 Å². The van der Waals surface area contributed by atoms with Crippen LogP contribution in [-0.2, 0) is 0 Å². The summed E-state index contributed by atoms with van der Waals surface area (Å²) in [6.45, 7) is 7.10. The second kappa shape index (κ2) is 6.27. The van der Waals surface area contributed by atoms with E-state index in [1.807, 2.05) is 12.6 Å². The molecule has 3 atom stereocenters. The SMILES string of the molecule is CCCCC(F)C(F)[As](C)[Si](C)(C)C. The molecule has 0 bridgehead atoms. The van der Waals surface area contributed by atoms with Gasteiger partial charge in [0, 0.05) is 0 Å². The first-order chi connectivity index (χ1) is 6.30. The summed E-state index contributed by atoms with van der Waals surface area (Å²) in [7, 11) is 0. The number of unbranched alkanes of at least 4 members (excludes halogenated alkanes) is 1. The molecule has 0 N–H and O–H groups in total. The van der Waals surface area contributed by atoms with E-state index in [4.69, 9.17) is 0 Å². The molecular weight excluding hydrogens is 261 g/mol. The fourth-order valence-electron chi connectivity index (χ4n) is 1.15. The van der Waals surface area contributed by atoms with Crippen molar-refractivity contribution in [1.82, 2.24) is 0 Å². The zero-order chi connectivity index (χ0) is 11.4. The van der Waals surface area contributed by atoms with Crippen LogP contribution in [0.2, 0.25) is 25.4 Å². The predicted octanol–water partition coefficient (Wildman–Crippen LogP) is 3.93. The van der Waals surface area contributed by atoms with E-state index in [-0.39, 0.29) is 0 Å². The molecule has 0 saturated carbocycles. The Morgan fingerprint density at radius 3 is 2.07 bits per heavy atom. The van der Waals surface area contributed by atoms with Gasteiger partial charge in [0.2, 0.25) is 0 Å². The minimum absolute atomic E-state index is 0.418. The van der Waals surface area contributed by atoms with Gasteiger partial charge in [0.1, 0.15) is 0 Å². The predicted molar refractivity (Wildman–Crippen MR) is 64.3 cm³/mol. The number of rotatable bonds is 6. The van der Waals surface area contributed by atoms with Gasteiger partial charge in [-0.25, -0.2) is 0 Å². The average molecular weight is 284 g/mol. The molecule has 0 aromatic heterocycles. The van der Waals surface area contributed by atoms with Crippen LogP contribution in [0.5, 0.6) is 0 Å². The average Bonchev–Trinajstić information content (AvgIpc) is 2.10. The number of halogens is 2. The van der Waals surface area contributed by atoms with Crippen LogP contribution in [0.4, 0.5) is 8.78 Å². The van der Waals surface area contributed by atoms with E-state index >= 15 is 0 Å². The van der Waals surface area contributed by atoms with Crippen molar-refractivity contribution >= 4 is 20.5 Å². The Morgan fingerprint density at radius 2 is 1.71 bits per heavy atom. The summed E-state index contributed by atoms with van der Waals surface area (Å²) < 4.78 is 27.2. The summed E-state index contributed by atoms with van der Waals surface area (Å²) in [5, 5.41) is 0. The van der Waals surface area contributed by atoms with Crippen LogP contribution < -0.4 is 0 Å². The molecule has 0 aliphatic rings. The van der Waals surface area contributed by atoms with Gasteiger partial charge in [-0.15, -0.1) is 0 Å². The van der Waals surface area contributed by atoms with Gasteiger partial charge in [-0.2, -0.15) is 0 Å². The van der Waals surface area contributed by atoms with E-state index in [0.29, 0.717) is 6.42 Å². The van der Waals surface area contributed by atoms with E-state index in [1.54, 1.807) is 0 Å². The molecule has 0 radical (unpaired) electrons. The number of hydrogen-bond donors (Lipinski definition) is 0. The molecule has 0 fully saturated rings. The third-order valence-electron chi connectivity index (χ3n) is 2.56. The van der Waals surface area contributed by atoms with Crippen LogP contribution in [0, 0.1) is 0 Å². The first-order valence-electron chi connectivity index (χ1n) is 5.31. The first-order valence-corrected chi connectivity index (χ1v) is 14.5. The Morgan fingerprint density at radius 1 is 1.21 bits per heavy atom. The molecule has 0 heterocycles. The van der Waals surface area contributed by atoms with E-state index in [2.05, 4.69) is 19.6 Å². The maximum absolute atomic E-state index is 13.7. The summed E-state index contributed by atoms with van der Waals surface area (Å²) in [6.07, 6.45) is 1.000. The Balaban J connectivity index is 4.10. The summed E-state index contributed by atoms with van der Waals surface area (Å²) in [6, 6.07) is 0. The van der Waals surface area contributed by atoms with Crippen molar-refractivity contribution in [1.29, 1.82) is 0 Å². The third kappa shape index (κ3) is 4.93. The monoisotopic (exact) mass is 284 g/mol. The van der Waals surface area contributed by atoms with Gasteiger partial charge in [0.15, 0.2) is 0 Å². The molecule has 0 amide bonds. The van der Waals surface area contributed by atoms with Gasteiger partial charge in [0.25, 0.3) is 0 Å². The summed E-state index contributed by atoms with van der Waals surface area (Å²) >= 11 is -1.56. The Hall–Kier alpha value is 0.635. The fraction of sp³-hybridized carbons (Fsp3) is 1.00. The second-order valence-electron chi connectivity index (χ2n) is 4.81. The topological polar surface area (TPSA) is 0 Å². The second-order valence-corrected chi connectivity index (χ2v) is 24.9. The molecule has 0 aromatic rings. The molecule has 0 aliphatic carbocycles. The van der Waals surface area contributed by atoms with E-state index in [0.717, 1.165) is 12.8 Å². The summed E-state index contributed by atoms with van der Waals surface area (Å²) in [5.41, 5.74) is 2.00. The van der Waals surface area contributed by atoms with Crippen LogP contribution in [-0.4, -0.2) is 31.7 Å². The molecule has 0 spiro atoms. The molecule has 0 aliphatic heterocycles. The quantitative estimate of drug-likeness (QED) is 0.648. The summed E-state index contributed by atoms with van der Waals surface area (Å²) in [4.78, 5) is -1.11.